The number of fused-ring (bicyclic) bond motifs is 1. The number of ether oxygens (including phenoxy) is 1. The Morgan fingerprint density at radius 1 is 1.10 bits per heavy atom. The van der Waals surface area contributed by atoms with Gasteiger partial charge in [0.1, 0.15) is 5.75 Å². The van der Waals surface area contributed by atoms with E-state index in [1.807, 2.05) is 41.8 Å². The maximum absolute atomic E-state index is 12.7. The van der Waals surface area contributed by atoms with Crippen molar-refractivity contribution < 1.29 is 29.3 Å². The third-order valence-corrected chi connectivity index (χ3v) is 4.80. The lowest BCUT2D eigenvalue weighted by Gasteiger charge is -2.12. The second kappa shape index (κ2) is 8.79. The van der Waals surface area contributed by atoms with Crippen LogP contribution in [0.25, 0.3) is 10.9 Å². The van der Waals surface area contributed by atoms with Crippen LogP contribution in [0.1, 0.15) is 34.1 Å². The lowest BCUT2D eigenvalue weighted by Crippen LogP contribution is -2.24. The normalized spacial score (nSPS) is 10.9. The van der Waals surface area contributed by atoms with Gasteiger partial charge < -0.3 is 25.3 Å². The van der Waals surface area contributed by atoms with Crippen LogP contribution in [0.4, 0.5) is 0 Å². The third-order valence-electron chi connectivity index (χ3n) is 4.80. The fourth-order valence-corrected chi connectivity index (χ4v) is 3.57. The minimum atomic E-state index is -1.19. The van der Waals surface area contributed by atoms with Crippen molar-refractivity contribution in [1.29, 1.82) is 0 Å². The number of Topliss-reactive ketones (excluding diaryl/α,β-unsaturated/α-hetero) is 1. The molecule has 8 heteroatoms. The van der Waals surface area contributed by atoms with E-state index in [1.165, 1.54) is 6.07 Å². The van der Waals surface area contributed by atoms with Gasteiger partial charge in [0.2, 0.25) is 0 Å². The maximum Gasteiger partial charge on any atom is 0.341 e. The third kappa shape index (κ3) is 4.04. The van der Waals surface area contributed by atoms with Gasteiger partial charge in [-0.3, -0.25) is 9.59 Å². The summed E-state index contributed by atoms with van der Waals surface area (Å²) in [5.41, 5.74) is 7.97. The fraction of sp³-hybridized carbons (Fsp3) is 0.227. The molecule has 0 fully saturated rings. The van der Waals surface area contributed by atoms with Crippen molar-refractivity contribution in [2.45, 2.75) is 26.5 Å². The zero-order valence-corrected chi connectivity index (χ0v) is 16.4. The number of rotatable bonds is 9. The molecule has 1 amide bonds. The highest BCUT2D eigenvalue weighted by atomic mass is 16.5. The van der Waals surface area contributed by atoms with Crippen LogP contribution in [0, 0.1) is 0 Å². The van der Waals surface area contributed by atoms with E-state index in [-0.39, 0.29) is 17.9 Å². The van der Waals surface area contributed by atoms with Crippen molar-refractivity contribution in [2.75, 3.05) is 6.61 Å². The number of aliphatic hydroxyl groups excluding tert-OH is 1. The average Bonchev–Trinajstić information content (AvgIpc) is 3.05. The molecule has 0 aliphatic rings. The van der Waals surface area contributed by atoms with Gasteiger partial charge in [-0.15, -0.1) is 0 Å². The van der Waals surface area contributed by atoms with Crippen LogP contribution in [-0.2, 0) is 29.2 Å². The highest BCUT2D eigenvalue weighted by Crippen LogP contribution is 2.36. The molecule has 0 atom stereocenters. The van der Waals surface area contributed by atoms with Crippen LogP contribution >= 0.6 is 0 Å². The number of nitrogens with zero attached hydrogens (tertiary/aromatic N) is 1. The van der Waals surface area contributed by atoms with E-state index in [0.717, 1.165) is 5.56 Å². The van der Waals surface area contributed by atoms with Gasteiger partial charge in [-0.1, -0.05) is 37.3 Å². The van der Waals surface area contributed by atoms with Gasteiger partial charge >= 0.3 is 5.97 Å². The summed E-state index contributed by atoms with van der Waals surface area (Å²) in [4.78, 5) is 35.5. The van der Waals surface area contributed by atoms with Crippen LogP contribution in [0.3, 0.4) is 0 Å². The summed E-state index contributed by atoms with van der Waals surface area (Å²) >= 11 is 0. The van der Waals surface area contributed by atoms with Crippen molar-refractivity contribution in [3.05, 3.63) is 64.8 Å². The van der Waals surface area contributed by atoms with Crippen LogP contribution in [0.2, 0.25) is 0 Å². The summed E-state index contributed by atoms with van der Waals surface area (Å²) in [6.07, 6.45) is 0.419. The van der Waals surface area contributed by atoms with E-state index in [2.05, 4.69) is 0 Å². The Labute approximate surface area is 172 Å². The molecule has 0 saturated heterocycles. The standard InChI is InChI=1S/C22H22N2O6/c1-2-15-20(21(28)22(23)29)19-16(24(15)10-13-6-4-3-5-7-13)8-14(11-25)9-17(19)30-12-18(26)27/h3-9,25H,2,10-12H2,1H3,(H2,23,29)(H,26,27). The summed E-state index contributed by atoms with van der Waals surface area (Å²) < 4.78 is 7.30. The lowest BCUT2D eigenvalue weighted by molar-refractivity contribution is -0.139. The topological polar surface area (TPSA) is 132 Å². The van der Waals surface area contributed by atoms with Gasteiger partial charge in [-0.05, 0) is 29.7 Å². The van der Waals surface area contributed by atoms with E-state index in [4.69, 9.17) is 15.6 Å². The Kier molecular flexibility index (Phi) is 6.17. The molecule has 3 aromatic rings. The Hall–Kier alpha value is -3.65. The zero-order chi connectivity index (χ0) is 21.8. The zero-order valence-electron chi connectivity index (χ0n) is 16.4. The first kappa shape index (κ1) is 21.1. The molecule has 0 aliphatic carbocycles. The molecule has 0 saturated carbocycles. The minimum Gasteiger partial charge on any atom is -0.481 e. The fourth-order valence-electron chi connectivity index (χ4n) is 3.57. The van der Waals surface area contributed by atoms with Crippen LogP contribution in [-0.4, -0.2) is 39.0 Å². The number of hydrogen-bond donors (Lipinski definition) is 3. The van der Waals surface area contributed by atoms with Gasteiger partial charge in [-0.25, -0.2) is 4.79 Å². The molecule has 2 aromatic carbocycles. The number of aromatic nitrogens is 1. The highest BCUT2D eigenvalue weighted by Gasteiger charge is 2.28. The Morgan fingerprint density at radius 2 is 1.80 bits per heavy atom. The number of aliphatic carboxylic acids is 1. The molecule has 156 valence electrons. The Morgan fingerprint density at radius 3 is 2.37 bits per heavy atom. The molecular formula is C22H22N2O6. The van der Waals surface area contributed by atoms with Crippen molar-refractivity contribution in [2.24, 2.45) is 5.73 Å². The van der Waals surface area contributed by atoms with E-state index in [1.54, 1.807) is 6.07 Å². The number of benzene rings is 2. The second-order valence-electron chi connectivity index (χ2n) is 6.77. The van der Waals surface area contributed by atoms with Crippen LogP contribution < -0.4 is 10.5 Å². The van der Waals surface area contributed by atoms with E-state index < -0.39 is 24.3 Å². The smallest absolute Gasteiger partial charge is 0.341 e. The average molecular weight is 410 g/mol. The largest absolute Gasteiger partial charge is 0.481 e. The number of carboxylic acids is 1. The maximum atomic E-state index is 12.7. The van der Waals surface area contributed by atoms with Crippen LogP contribution in [0.15, 0.2) is 42.5 Å². The summed E-state index contributed by atoms with van der Waals surface area (Å²) in [5, 5.41) is 19.0. The van der Waals surface area contributed by atoms with Gasteiger partial charge in [0.05, 0.1) is 23.1 Å². The first-order valence-corrected chi connectivity index (χ1v) is 9.38. The summed E-state index contributed by atoms with van der Waals surface area (Å²) in [6.45, 7) is 1.30. The lowest BCUT2D eigenvalue weighted by atomic mass is 10.0. The first-order valence-electron chi connectivity index (χ1n) is 9.38. The number of primary amides is 1. The quantitative estimate of drug-likeness (QED) is 0.364. The summed E-state index contributed by atoms with van der Waals surface area (Å²) in [7, 11) is 0. The predicted octanol–water partition coefficient (Wildman–Crippen LogP) is 1.88. The molecule has 30 heavy (non-hydrogen) atoms. The van der Waals surface area contributed by atoms with Crippen molar-refractivity contribution in [1.82, 2.24) is 4.57 Å². The number of carbonyl (C=O) groups excluding carboxylic acids is 2. The molecule has 0 radical (unpaired) electrons. The van der Waals surface area contributed by atoms with Crippen molar-refractivity contribution in [3.63, 3.8) is 0 Å². The van der Waals surface area contributed by atoms with Gasteiger partial charge in [0, 0.05) is 12.2 Å². The molecule has 1 aromatic heterocycles. The SMILES string of the molecule is CCc1c(C(=O)C(N)=O)c2c(OCC(=O)O)cc(CO)cc2n1Cc1ccccc1. The molecule has 8 nitrogen and oxygen atoms in total. The Balaban J connectivity index is 2.35. The monoisotopic (exact) mass is 410 g/mol. The predicted molar refractivity (Wildman–Crippen MR) is 109 cm³/mol. The molecular weight excluding hydrogens is 388 g/mol. The van der Waals surface area contributed by atoms with Gasteiger partial charge in [0.15, 0.2) is 6.61 Å². The minimum absolute atomic E-state index is 0.0980. The molecule has 3 rings (SSSR count). The first-order chi connectivity index (χ1) is 14.4. The summed E-state index contributed by atoms with van der Waals surface area (Å²) in [6, 6.07) is 12.7. The number of ketones is 1. The highest BCUT2D eigenvalue weighted by molar-refractivity contribution is 6.45. The molecule has 1 heterocycles. The van der Waals surface area contributed by atoms with E-state index >= 15 is 0 Å². The molecule has 0 unspecified atom stereocenters. The molecule has 4 N–H and O–H groups in total. The summed E-state index contributed by atoms with van der Waals surface area (Å²) in [5.74, 6) is -3.08. The number of nitrogens with two attached hydrogens (primary N) is 1. The number of carboxylic acid groups (broad SMARTS) is 1. The van der Waals surface area contributed by atoms with E-state index in [9.17, 15) is 19.5 Å². The molecule has 0 aliphatic heterocycles. The van der Waals surface area contributed by atoms with Gasteiger partial charge in [-0.2, -0.15) is 0 Å². The number of carbonyl (C=O) groups is 3. The van der Waals surface area contributed by atoms with E-state index in [0.29, 0.717) is 35.1 Å². The second-order valence-corrected chi connectivity index (χ2v) is 6.77. The number of amides is 1. The Bertz CT molecular complexity index is 1120. The van der Waals surface area contributed by atoms with Crippen molar-refractivity contribution in [3.8, 4) is 5.75 Å². The molecule has 0 spiro atoms. The van der Waals surface area contributed by atoms with Crippen molar-refractivity contribution >= 4 is 28.6 Å². The molecule has 0 bridgehead atoms. The van der Waals surface area contributed by atoms with Gasteiger partial charge in [0.25, 0.3) is 11.7 Å². The van der Waals surface area contributed by atoms with Crippen LogP contribution in [0.5, 0.6) is 5.75 Å². The number of aliphatic hydroxyl groups is 1. The number of hydrogen-bond acceptors (Lipinski definition) is 5.